The summed E-state index contributed by atoms with van der Waals surface area (Å²) in [6, 6.07) is 21.5. The van der Waals surface area contributed by atoms with Crippen molar-refractivity contribution in [1.29, 1.82) is 0 Å². The Morgan fingerprint density at radius 2 is 1.46 bits per heavy atom. The van der Waals surface area contributed by atoms with E-state index >= 15 is 0 Å². The van der Waals surface area contributed by atoms with Crippen LogP contribution in [0.25, 0.3) is 10.8 Å². The Labute approximate surface area is 162 Å². The topological polar surface area (TPSA) is 104 Å². The van der Waals surface area contributed by atoms with Crippen LogP contribution < -0.4 is 0 Å². The Balaban J connectivity index is 0.000000221. The molecule has 3 aromatic carbocycles. The van der Waals surface area contributed by atoms with Crippen LogP contribution in [0.4, 0.5) is 0 Å². The molecule has 28 heavy (non-hydrogen) atoms. The van der Waals surface area contributed by atoms with Crippen LogP contribution in [0, 0.1) is 0 Å². The van der Waals surface area contributed by atoms with Crippen LogP contribution in [0.2, 0.25) is 0 Å². The molecule has 0 heterocycles. The lowest BCUT2D eigenvalue weighted by Crippen LogP contribution is -2.34. The van der Waals surface area contributed by atoms with Crippen LogP contribution in [-0.4, -0.2) is 34.4 Å². The highest BCUT2D eigenvalue weighted by atomic mass is 16.5. The molecule has 6 nitrogen and oxygen atoms in total. The highest BCUT2D eigenvalue weighted by molar-refractivity contribution is 5.92. The van der Waals surface area contributed by atoms with E-state index in [1.54, 1.807) is 43.3 Å². The average molecular weight is 382 g/mol. The van der Waals surface area contributed by atoms with Gasteiger partial charge in [-0.3, -0.25) is 0 Å². The Morgan fingerprint density at radius 1 is 0.893 bits per heavy atom. The molecule has 0 radical (unpaired) electrons. The smallest absolute Gasteiger partial charge is 0.340 e. The second-order valence-corrected chi connectivity index (χ2v) is 6.22. The molecule has 146 valence electrons. The first-order chi connectivity index (χ1) is 13.3. The van der Waals surface area contributed by atoms with Gasteiger partial charge in [-0.25, -0.2) is 9.59 Å². The predicted molar refractivity (Wildman–Crippen MR) is 105 cm³/mol. The number of carboxylic acids is 2. The summed E-state index contributed by atoms with van der Waals surface area (Å²) in [5.41, 5.74) is -0.244. The Bertz CT molecular complexity index is 948. The molecule has 0 amide bonds. The van der Waals surface area contributed by atoms with Crippen molar-refractivity contribution in [3.8, 4) is 0 Å². The minimum absolute atomic E-state index is 0.403. The molecule has 0 bridgehead atoms. The first kappa shape index (κ1) is 21.1. The minimum atomic E-state index is -1.41. The van der Waals surface area contributed by atoms with Crippen LogP contribution in [0.3, 0.4) is 0 Å². The standard InChI is InChI=1S/C14H14O3.C8H8O3/c1-14(17-2,13(15)16)12-9-5-7-10-6-3-4-8-11(10)12;9-7(8(10)11)6-4-2-1-3-5-6/h3-9H,1-2H3,(H,15,16);1-5,7,9H,(H,10,11). The molecule has 3 N–H and O–H groups in total. The summed E-state index contributed by atoms with van der Waals surface area (Å²) in [4.78, 5) is 21.6. The molecule has 0 aromatic heterocycles. The molecule has 2 unspecified atom stereocenters. The normalized spacial score (nSPS) is 13.7. The summed E-state index contributed by atoms with van der Waals surface area (Å²) in [6.45, 7) is 1.57. The van der Waals surface area contributed by atoms with Gasteiger partial charge in [0.25, 0.3) is 0 Å². The summed E-state index contributed by atoms with van der Waals surface area (Å²) >= 11 is 0. The number of benzene rings is 3. The number of hydrogen-bond acceptors (Lipinski definition) is 4. The van der Waals surface area contributed by atoms with Crippen molar-refractivity contribution >= 4 is 22.7 Å². The minimum Gasteiger partial charge on any atom is -0.479 e. The van der Waals surface area contributed by atoms with E-state index in [1.807, 2.05) is 36.4 Å². The molecule has 6 heteroatoms. The molecule has 3 rings (SSSR count). The van der Waals surface area contributed by atoms with Crippen LogP contribution >= 0.6 is 0 Å². The quantitative estimate of drug-likeness (QED) is 0.623. The van der Waals surface area contributed by atoms with Gasteiger partial charge in [0.1, 0.15) is 0 Å². The van der Waals surface area contributed by atoms with Gasteiger partial charge in [-0.2, -0.15) is 0 Å². The maximum atomic E-state index is 11.4. The fourth-order valence-corrected chi connectivity index (χ4v) is 2.73. The molecule has 0 aliphatic heterocycles. The number of carboxylic acid groups (broad SMARTS) is 2. The third-order valence-corrected chi connectivity index (χ3v) is 4.47. The lowest BCUT2D eigenvalue weighted by Gasteiger charge is -2.25. The van der Waals surface area contributed by atoms with Crippen molar-refractivity contribution in [2.45, 2.75) is 18.6 Å². The zero-order valence-electron chi connectivity index (χ0n) is 15.6. The van der Waals surface area contributed by atoms with E-state index in [1.165, 1.54) is 7.11 Å². The fraction of sp³-hybridized carbons (Fsp3) is 0.182. The molecule has 0 aliphatic rings. The number of hydrogen-bond donors (Lipinski definition) is 3. The summed E-state index contributed by atoms with van der Waals surface area (Å²) in [6.07, 6.45) is -1.41. The van der Waals surface area contributed by atoms with E-state index in [9.17, 15) is 14.7 Å². The van der Waals surface area contributed by atoms with E-state index in [0.29, 0.717) is 11.1 Å². The highest BCUT2D eigenvalue weighted by Gasteiger charge is 2.36. The van der Waals surface area contributed by atoms with Gasteiger partial charge in [0.15, 0.2) is 11.7 Å². The van der Waals surface area contributed by atoms with Crippen molar-refractivity contribution in [3.05, 3.63) is 83.9 Å². The number of methoxy groups -OCH3 is 1. The van der Waals surface area contributed by atoms with E-state index in [2.05, 4.69) is 0 Å². The summed E-state index contributed by atoms with van der Waals surface area (Å²) in [5.74, 6) is -2.22. The molecular formula is C22H22O6. The number of fused-ring (bicyclic) bond motifs is 1. The van der Waals surface area contributed by atoms with Gasteiger partial charge in [0.2, 0.25) is 0 Å². The average Bonchev–Trinajstić information content (AvgIpc) is 2.73. The molecule has 0 fully saturated rings. The number of rotatable bonds is 5. The lowest BCUT2D eigenvalue weighted by atomic mass is 9.91. The molecule has 3 aromatic rings. The predicted octanol–water partition coefficient (Wildman–Crippen LogP) is 3.59. The molecule has 0 aliphatic carbocycles. The fourth-order valence-electron chi connectivity index (χ4n) is 2.73. The van der Waals surface area contributed by atoms with Gasteiger partial charge in [-0.1, -0.05) is 72.8 Å². The van der Waals surface area contributed by atoms with Crippen LogP contribution in [0.1, 0.15) is 24.2 Å². The third-order valence-electron chi connectivity index (χ3n) is 4.47. The zero-order chi connectivity index (χ0) is 20.7. The molecule has 0 saturated carbocycles. The van der Waals surface area contributed by atoms with Gasteiger partial charge in [0, 0.05) is 12.7 Å². The first-order valence-corrected chi connectivity index (χ1v) is 8.54. The number of aliphatic hydroxyl groups is 1. The Kier molecular flexibility index (Phi) is 6.87. The number of ether oxygens (including phenoxy) is 1. The van der Waals surface area contributed by atoms with Crippen molar-refractivity contribution in [2.24, 2.45) is 0 Å². The molecule has 0 saturated heterocycles. The van der Waals surface area contributed by atoms with E-state index in [0.717, 1.165) is 10.8 Å². The number of aliphatic carboxylic acids is 2. The van der Waals surface area contributed by atoms with Gasteiger partial charge in [-0.05, 0) is 23.3 Å². The van der Waals surface area contributed by atoms with E-state index in [4.69, 9.17) is 14.9 Å². The van der Waals surface area contributed by atoms with E-state index < -0.39 is 23.6 Å². The second kappa shape index (κ2) is 9.12. The monoisotopic (exact) mass is 382 g/mol. The van der Waals surface area contributed by atoms with Crippen molar-refractivity contribution in [3.63, 3.8) is 0 Å². The third kappa shape index (κ3) is 4.54. The van der Waals surface area contributed by atoms with Crippen molar-refractivity contribution in [2.75, 3.05) is 7.11 Å². The van der Waals surface area contributed by atoms with Crippen LogP contribution in [0.5, 0.6) is 0 Å². The largest absolute Gasteiger partial charge is 0.479 e. The van der Waals surface area contributed by atoms with Crippen molar-refractivity contribution in [1.82, 2.24) is 0 Å². The molecular weight excluding hydrogens is 360 g/mol. The Morgan fingerprint density at radius 3 is 2.04 bits per heavy atom. The summed E-state index contributed by atoms with van der Waals surface area (Å²) in [7, 11) is 1.41. The molecule has 0 spiro atoms. The molecule has 2 atom stereocenters. The van der Waals surface area contributed by atoms with Crippen LogP contribution in [-0.2, 0) is 19.9 Å². The Hall–Kier alpha value is -3.22. The number of carbonyl (C=O) groups is 2. The highest BCUT2D eigenvalue weighted by Crippen LogP contribution is 2.31. The van der Waals surface area contributed by atoms with E-state index in [-0.39, 0.29) is 0 Å². The lowest BCUT2D eigenvalue weighted by molar-refractivity contribution is -0.161. The summed E-state index contributed by atoms with van der Waals surface area (Å²) < 4.78 is 5.19. The number of aliphatic hydroxyl groups excluding tert-OH is 1. The van der Waals surface area contributed by atoms with Gasteiger partial charge in [-0.15, -0.1) is 0 Å². The van der Waals surface area contributed by atoms with Crippen LogP contribution in [0.15, 0.2) is 72.8 Å². The second-order valence-electron chi connectivity index (χ2n) is 6.22. The van der Waals surface area contributed by atoms with Gasteiger partial charge in [0.05, 0.1) is 0 Å². The maximum Gasteiger partial charge on any atom is 0.340 e. The SMILES string of the molecule is COC(C)(C(=O)O)c1cccc2ccccc12.O=C(O)C(O)c1ccccc1. The van der Waals surface area contributed by atoms with Crippen molar-refractivity contribution < 1.29 is 29.6 Å². The van der Waals surface area contributed by atoms with Gasteiger partial charge >= 0.3 is 11.9 Å². The zero-order valence-corrected chi connectivity index (χ0v) is 15.6. The van der Waals surface area contributed by atoms with Gasteiger partial charge < -0.3 is 20.1 Å². The summed E-state index contributed by atoms with van der Waals surface area (Å²) in [5, 5.41) is 28.6. The maximum absolute atomic E-state index is 11.4. The first-order valence-electron chi connectivity index (χ1n) is 8.54.